The summed E-state index contributed by atoms with van der Waals surface area (Å²) in [5.74, 6) is -3.27. The number of hydrogen-bond donors (Lipinski definition) is 0. The van der Waals surface area contributed by atoms with Crippen molar-refractivity contribution in [3.63, 3.8) is 0 Å². The Morgan fingerprint density at radius 3 is 2.40 bits per heavy atom. The van der Waals surface area contributed by atoms with E-state index in [0.29, 0.717) is 5.57 Å². The van der Waals surface area contributed by atoms with Crippen LogP contribution < -0.4 is 0 Å². The molecule has 0 N–H and O–H groups in total. The number of rotatable bonds is 3. The first-order valence-corrected chi connectivity index (χ1v) is 10.1. The predicted molar refractivity (Wildman–Crippen MR) is 102 cm³/mol. The van der Waals surface area contributed by atoms with Gasteiger partial charge in [-0.2, -0.15) is 0 Å². The van der Waals surface area contributed by atoms with E-state index in [1.54, 1.807) is 19.9 Å². The molecule has 30 heavy (non-hydrogen) atoms. The van der Waals surface area contributed by atoms with E-state index >= 15 is 0 Å². The summed E-state index contributed by atoms with van der Waals surface area (Å²) >= 11 is 0. The molecule has 2 aliphatic carbocycles. The second-order valence-corrected chi connectivity index (χ2v) is 9.04. The van der Waals surface area contributed by atoms with E-state index in [0.717, 1.165) is 11.1 Å². The second-order valence-electron chi connectivity index (χ2n) is 9.04. The van der Waals surface area contributed by atoms with Gasteiger partial charge in [-0.3, -0.25) is 9.59 Å². The smallest absolute Gasteiger partial charge is 0.351 e. The summed E-state index contributed by atoms with van der Waals surface area (Å²) in [5.41, 5.74) is -0.599. The highest BCUT2D eigenvalue weighted by Crippen LogP contribution is 2.51. The molecule has 2 saturated heterocycles. The lowest BCUT2D eigenvalue weighted by atomic mass is 9.77. The first-order valence-electron chi connectivity index (χ1n) is 10.1. The molecule has 0 aromatic rings. The lowest BCUT2D eigenvalue weighted by Gasteiger charge is -2.34. The lowest BCUT2D eigenvalue weighted by molar-refractivity contribution is -0.178. The molecule has 4 aliphatic rings. The number of epoxide rings is 1. The Hall–Kier alpha value is -2.48. The summed E-state index contributed by atoms with van der Waals surface area (Å²) in [6.45, 7) is 9.73. The second kappa shape index (κ2) is 6.51. The average Bonchev–Trinajstić information content (AvgIpc) is 3.05. The quantitative estimate of drug-likeness (QED) is 0.388. The topological polar surface area (TPSA) is 109 Å². The van der Waals surface area contributed by atoms with E-state index < -0.39 is 53.2 Å². The van der Waals surface area contributed by atoms with Crippen LogP contribution in [0, 0.1) is 11.8 Å². The van der Waals surface area contributed by atoms with E-state index in [2.05, 4.69) is 0 Å². The summed E-state index contributed by atoms with van der Waals surface area (Å²) in [4.78, 5) is 50.2. The van der Waals surface area contributed by atoms with Gasteiger partial charge in [0.2, 0.25) is 5.60 Å². The van der Waals surface area contributed by atoms with Crippen LogP contribution in [-0.2, 0) is 38.1 Å². The summed E-state index contributed by atoms with van der Waals surface area (Å²) in [7, 11) is 0. The van der Waals surface area contributed by atoms with Gasteiger partial charge >= 0.3 is 17.9 Å². The molecular weight excluding hydrogens is 392 g/mol. The minimum Gasteiger partial charge on any atom is -0.459 e. The van der Waals surface area contributed by atoms with Gasteiger partial charge in [-0.15, -0.1) is 0 Å². The number of fused-ring (bicyclic) bond motifs is 3. The van der Waals surface area contributed by atoms with Crippen LogP contribution in [0.15, 0.2) is 22.8 Å². The van der Waals surface area contributed by atoms with Crippen molar-refractivity contribution in [3.05, 3.63) is 22.8 Å². The third-order valence-corrected chi connectivity index (χ3v) is 6.92. The standard InChI is InChI=1S/C22H26O8/c1-9-7-13(24)15-10(2)8-14(27-19(25)21(5)11(3)29-21)17-18(16(9)15)28-20(26)22(17,6)30-12(4)23/h7,11,14,16-18H,8H2,1-6H3. The van der Waals surface area contributed by atoms with Gasteiger partial charge in [0.05, 0.1) is 12.0 Å². The van der Waals surface area contributed by atoms with Crippen molar-refractivity contribution in [1.29, 1.82) is 0 Å². The molecule has 0 amide bonds. The number of allylic oxidation sites excluding steroid dienone is 1. The minimum atomic E-state index is -1.64. The Morgan fingerprint density at radius 2 is 1.83 bits per heavy atom. The van der Waals surface area contributed by atoms with Gasteiger partial charge in [-0.1, -0.05) is 11.1 Å². The van der Waals surface area contributed by atoms with Crippen LogP contribution in [0.1, 0.15) is 48.0 Å². The molecule has 0 radical (unpaired) electrons. The Morgan fingerprint density at radius 1 is 1.20 bits per heavy atom. The van der Waals surface area contributed by atoms with Crippen LogP contribution in [0.4, 0.5) is 0 Å². The molecule has 0 aromatic heterocycles. The molecule has 0 bridgehead atoms. The van der Waals surface area contributed by atoms with Gasteiger partial charge in [0.1, 0.15) is 12.2 Å². The summed E-state index contributed by atoms with van der Waals surface area (Å²) < 4.78 is 22.4. The first kappa shape index (κ1) is 20.8. The van der Waals surface area contributed by atoms with Gasteiger partial charge in [0, 0.05) is 24.8 Å². The van der Waals surface area contributed by atoms with Gasteiger partial charge < -0.3 is 18.9 Å². The number of carbonyl (C=O) groups excluding carboxylic acids is 4. The summed E-state index contributed by atoms with van der Waals surface area (Å²) in [6.07, 6.45) is -0.129. The van der Waals surface area contributed by atoms with Gasteiger partial charge in [0.15, 0.2) is 11.4 Å². The fraction of sp³-hybridized carbons (Fsp3) is 0.636. The third-order valence-electron chi connectivity index (χ3n) is 6.92. The van der Waals surface area contributed by atoms with E-state index in [4.69, 9.17) is 18.9 Å². The Bertz CT molecular complexity index is 929. The molecule has 2 heterocycles. The predicted octanol–water partition coefficient (Wildman–Crippen LogP) is 1.80. The van der Waals surface area contributed by atoms with Crippen molar-refractivity contribution >= 4 is 23.7 Å². The maximum Gasteiger partial charge on any atom is 0.351 e. The van der Waals surface area contributed by atoms with Crippen LogP contribution in [-0.4, -0.2) is 53.2 Å². The minimum absolute atomic E-state index is 0.135. The molecule has 7 unspecified atom stereocenters. The number of hydrogen-bond acceptors (Lipinski definition) is 8. The van der Waals surface area contributed by atoms with Crippen LogP contribution in [0.2, 0.25) is 0 Å². The number of esters is 3. The van der Waals surface area contributed by atoms with E-state index in [9.17, 15) is 19.2 Å². The maximum atomic E-state index is 12.9. The largest absolute Gasteiger partial charge is 0.459 e. The van der Waals surface area contributed by atoms with E-state index in [-0.39, 0.29) is 18.3 Å². The molecule has 0 saturated carbocycles. The van der Waals surface area contributed by atoms with Crippen LogP contribution in [0.25, 0.3) is 0 Å². The molecule has 8 nitrogen and oxygen atoms in total. The Kier molecular flexibility index (Phi) is 4.51. The molecule has 0 spiro atoms. The zero-order valence-electron chi connectivity index (χ0n) is 17.9. The highest BCUT2D eigenvalue weighted by Gasteiger charge is 2.66. The first-order chi connectivity index (χ1) is 13.9. The average molecular weight is 418 g/mol. The molecule has 2 aliphatic heterocycles. The van der Waals surface area contributed by atoms with Crippen molar-refractivity contribution in [2.75, 3.05) is 0 Å². The van der Waals surface area contributed by atoms with Crippen LogP contribution >= 0.6 is 0 Å². The van der Waals surface area contributed by atoms with Crippen molar-refractivity contribution in [2.24, 2.45) is 11.8 Å². The lowest BCUT2D eigenvalue weighted by Crippen LogP contribution is -2.51. The SMILES string of the molecule is CC(=O)OC1(C)C(=O)OC2C3C(C)=CC(=O)C3=C(C)CC(OC(=O)C3(C)OC3C)C21. The molecule has 4 rings (SSSR count). The van der Waals surface area contributed by atoms with Gasteiger partial charge in [-0.25, -0.2) is 9.59 Å². The van der Waals surface area contributed by atoms with Crippen molar-refractivity contribution in [1.82, 2.24) is 0 Å². The fourth-order valence-electron chi connectivity index (χ4n) is 5.12. The molecule has 0 aromatic carbocycles. The van der Waals surface area contributed by atoms with Crippen molar-refractivity contribution in [2.45, 2.75) is 77.5 Å². The normalized spacial score (nSPS) is 42.1. The van der Waals surface area contributed by atoms with Crippen LogP contribution in [0.3, 0.4) is 0 Å². The van der Waals surface area contributed by atoms with Gasteiger partial charge in [0.25, 0.3) is 0 Å². The Labute approximate surface area is 174 Å². The van der Waals surface area contributed by atoms with Crippen molar-refractivity contribution < 1.29 is 38.1 Å². The third kappa shape index (κ3) is 2.84. The van der Waals surface area contributed by atoms with E-state index in [1.807, 2.05) is 13.8 Å². The van der Waals surface area contributed by atoms with Gasteiger partial charge in [-0.05, 0) is 40.7 Å². The molecule has 2 fully saturated rings. The number of carbonyl (C=O) groups is 4. The summed E-state index contributed by atoms with van der Waals surface area (Å²) in [6, 6.07) is 0. The summed E-state index contributed by atoms with van der Waals surface area (Å²) in [5, 5.41) is 0. The highest BCUT2D eigenvalue weighted by molar-refractivity contribution is 6.09. The molecule has 7 atom stereocenters. The van der Waals surface area contributed by atoms with E-state index in [1.165, 1.54) is 13.8 Å². The molecule has 162 valence electrons. The van der Waals surface area contributed by atoms with Crippen LogP contribution in [0.5, 0.6) is 0 Å². The fourth-order valence-corrected chi connectivity index (χ4v) is 5.12. The number of ketones is 1. The molecule has 8 heteroatoms. The monoisotopic (exact) mass is 418 g/mol. The van der Waals surface area contributed by atoms with Crippen molar-refractivity contribution in [3.8, 4) is 0 Å². The maximum absolute atomic E-state index is 12.9. The zero-order chi connectivity index (χ0) is 22.2. The highest BCUT2D eigenvalue weighted by atomic mass is 16.7. The Balaban J connectivity index is 1.78. The molecular formula is C22H26O8. The number of ether oxygens (including phenoxy) is 4. The zero-order valence-corrected chi connectivity index (χ0v) is 17.9.